The van der Waals surface area contributed by atoms with Crippen LogP contribution in [0.2, 0.25) is 0 Å². The normalized spacial score (nSPS) is 38.6. The number of rotatable bonds is 3. The molecule has 2 aliphatic heterocycles. The maximum absolute atomic E-state index is 11.5. The Labute approximate surface area is 163 Å². The lowest BCUT2D eigenvalue weighted by Gasteiger charge is -2.31. The fourth-order valence-corrected chi connectivity index (χ4v) is 5.83. The summed E-state index contributed by atoms with van der Waals surface area (Å²) in [4.78, 5) is 20.6. The summed E-state index contributed by atoms with van der Waals surface area (Å²) in [6.07, 6.45) is 1.35. The Kier molecular flexibility index (Phi) is 3.55. The van der Waals surface area contributed by atoms with Crippen LogP contribution in [0.4, 0.5) is 0 Å². The van der Waals surface area contributed by atoms with Gasteiger partial charge in [-0.25, -0.2) is 9.97 Å². The van der Waals surface area contributed by atoms with E-state index >= 15 is 0 Å². The number of esters is 1. The van der Waals surface area contributed by atoms with E-state index in [0.717, 1.165) is 10.4 Å². The second kappa shape index (κ2) is 5.40. The lowest BCUT2D eigenvalue weighted by molar-refractivity contribution is -0.275. The summed E-state index contributed by atoms with van der Waals surface area (Å²) in [5, 5.41) is 15.1. The monoisotopic (exact) mass is 410 g/mol. The summed E-state index contributed by atoms with van der Waals surface area (Å²) in [6, 6.07) is 0. The molecule has 0 aromatic carbocycles. The van der Waals surface area contributed by atoms with Crippen molar-refractivity contribution in [1.82, 2.24) is 9.97 Å². The fourth-order valence-electron chi connectivity index (χ4n) is 4.17. The van der Waals surface area contributed by atoms with E-state index in [1.54, 1.807) is 13.8 Å². The number of fused-ring (bicyclic) bond motifs is 1. The Morgan fingerprint density at radius 2 is 2.15 bits per heavy atom. The predicted molar refractivity (Wildman–Crippen MR) is 96.3 cm³/mol. The summed E-state index contributed by atoms with van der Waals surface area (Å²) in [7, 11) is 0. The highest BCUT2D eigenvalue weighted by Crippen LogP contribution is 2.67. The van der Waals surface area contributed by atoms with Crippen LogP contribution in [0.1, 0.15) is 25.6 Å². The van der Waals surface area contributed by atoms with Crippen molar-refractivity contribution in [3.63, 3.8) is 0 Å². The number of hydrogen-bond acceptors (Lipinski definition) is 10. The highest BCUT2D eigenvalue weighted by molar-refractivity contribution is 7.98. The van der Waals surface area contributed by atoms with Crippen LogP contribution in [0, 0.1) is 0 Å². The molecule has 5 rings (SSSR count). The number of ether oxygens (including phenoxy) is 4. The van der Waals surface area contributed by atoms with Crippen LogP contribution in [0.5, 0.6) is 0 Å². The number of thioether (sulfide) groups is 1. The van der Waals surface area contributed by atoms with Crippen molar-refractivity contribution >= 4 is 40.0 Å². The van der Waals surface area contributed by atoms with Gasteiger partial charge in [-0.1, -0.05) is 0 Å². The van der Waals surface area contributed by atoms with E-state index in [1.807, 2.05) is 11.6 Å². The molecule has 2 aromatic heterocycles. The van der Waals surface area contributed by atoms with Gasteiger partial charge in [-0.15, -0.1) is 23.1 Å². The molecule has 4 heterocycles. The van der Waals surface area contributed by atoms with Crippen molar-refractivity contribution < 1.29 is 28.8 Å². The quantitative estimate of drug-likeness (QED) is 0.461. The van der Waals surface area contributed by atoms with Crippen molar-refractivity contribution in [2.45, 2.75) is 61.3 Å². The van der Waals surface area contributed by atoms with Crippen LogP contribution in [0.25, 0.3) is 10.9 Å². The van der Waals surface area contributed by atoms with E-state index in [4.69, 9.17) is 18.9 Å². The van der Waals surface area contributed by atoms with Crippen LogP contribution < -0.4 is 0 Å². The maximum Gasteiger partial charge on any atom is 0.303 e. The number of aliphatic hydroxyl groups is 1. The number of thiophene rings is 1. The van der Waals surface area contributed by atoms with E-state index in [9.17, 15) is 9.90 Å². The molecule has 1 N–H and O–H groups in total. The molecule has 2 unspecified atom stereocenters. The van der Waals surface area contributed by atoms with Gasteiger partial charge in [0.25, 0.3) is 0 Å². The number of carbonyl (C=O) groups excluding carboxylic acids is 1. The van der Waals surface area contributed by atoms with Crippen molar-refractivity contribution in [2.75, 3.05) is 6.26 Å². The highest BCUT2D eigenvalue weighted by Gasteiger charge is 2.89. The van der Waals surface area contributed by atoms with E-state index in [2.05, 4.69) is 9.97 Å². The summed E-state index contributed by atoms with van der Waals surface area (Å²) in [5.74, 6) is -3.12. The van der Waals surface area contributed by atoms with Crippen LogP contribution in [-0.2, 0) is 29.5 Å². The van der Waals surface area contributed by atoms with Gasteiger partial charge in [-0.3, -0.25) is 4.79 Å². The molecular weight excluding hydrogens is 392 g/mol. The maximum atomic E-state index is 11.5. The minimum atomic E-state index is -1.74. The fraction of sp³-hybridized carbons (Fsp3) is 0.588. The Morgan fingerprint density at radius 3 is 2.85 bits per heavy atom. The summed E-state index contributed by atoms with van der Waals surface area (Å²) < 4.78 is 23.5. The van der Waals surface area contributed by atoms with Gasteiger partial charge in [0.15, 0.2) is 23.6 Å². The van der Waals surface area contributed by atoms with Gasteiger partial charge in [-0.05, 0) is 20.1 Å². The first-order chi connectivity index (χ1) is 12.7. The van der Waals surface area contributed by atoms with Gasteiger partial charge in [0.2, 0.25) is 5.79 Å². The van der Waals surface area contributed by atoms with E-state index in [1.165, 1.54) is 36.3 Å². The van der Waals surface area contributed by atoms with Crippen molar-refractivity contribution in [1.29, 1.82) is 0 Å². The molecule has 0 bridgehead atoms. The molecule has 1 saturated carbocycles. The lowest BCUT2D eigenvalue weighted by atomic mass is 10.0. The molecule has 1 spiro atoms. The van der Waals surface area contributed by atoms with Crippen LogP contribution >= 0.6 is 23.1 Å². The first-order valence-electron chi connectivity index (χ1n) is 8.45. The first kappa shape index (κ1) is 17.8. The van der Waals surface area contributed by atoms with Crippen molar-refractivity contribution in [3.8, 4) is 0 Å². The lowest BCUT2D eigenvalue weighted by Crippen LogP contribution is -2.46. The predicted octanol–water partition coefficient (Wildman–Crippen LogP) is 1.79. The largest absolute Gasteiger partial charge is 0.456 e. The van der Waals surface area contributed by atoms with E-state index < -0.39 is 41.5 Å². The minimum Gasteiger partial charge on any atom is -0.456 e. The second-order valence-electron chi connectivity index (χ2n) is 7.33. The molecule has 5 atom stereocenters. The molecule has 2 saturated heterocycles. The zero-order valence-corrected chi connectivity index (χ0v) is 16.7. The zero-order chi connectivity index (χ0) is 19.2. The number of nitrogens with zero attached hydrogens (tertiary/aromatic N) is 2. The van der Waals surface area contributed by atoms with Gasteiger partial charge in [0.05, 0.1) is 10.4 Å². The molecule has 10 heteroatoms. The topological polar surface area (TPSA) is 100 Å². The summed E-state index contributed by atoms with van der Waals surface area (Å²) >= 11 is 2.84. The molecule has 27 heavy (non-hydrogen) atoms. The SMILES string of the molecule is CSc1ncnc2c(C3(O)O[C@@H]4C(OC(C)=O)[C@@]45OC(C)(C)O[C@@H]35)scc12. The molecule has 8 nitrogen and oxygen atoms in total. The molecule has 0 amide bonds. The molecule has 0 radical (unpaired) electrons. The number of carbonyl (C=O) groups is 1. The van der Waals surface area contributed by atoms with Gasteiger partial charge in [0, 0.05) is 17.7 Å². The summed E-state index contributed by atoms with van der Waals surface area (Å²) in [6.45, 7) is 4.86. The van der Waals surface area contributed by atoms with Crippen LogP contribution in [-0.4, -0.2) is 57.0 Å². The molecule has 3 aliphatic rings. The Morgan fingerprint density at radius 1 is 1.37 bits per heavy atom. The van der Waals surface area contributed by atoms with Gasteiger partial charge in [-0.2, -0.15) is 0 Å². The zero-order valence-electron chi connectivity index (χ0n) is 15.1. The number of aromatic nitrogens is 2. The molecule has 2 aromatic rings. The molecule has 1 aliphatic carbocycles. The Hall–Kier alpha value is -1.30. The van der Waals surface area contributed by atoms with Gasteiger partial charge >= 0.3 is 5.97 Å². The van der Waals surface area contributed by atoms with Crippen molar-refractivity contribution in [3.05, 3.63) is 16.6 Å². The van der Waals surface area contributed by atoms with E-state index in [-0.39, 0.29) is 0 Å². The molecule has 144 valence electrons. The average Bonchev–Trinajstić information content (AvgIpc) is 2.97. The highest BCUT2D eigenvalue weighted by atomic mass is 32.2. The van der Waals surface area contributed by atoms with Gasteiger partial charge in [0.1, 0.15) is 17.5 Å². The minimum absolute atomic E-state index is 0.429. The third-order valence-corrected chi connectivity index (χ3v) is 6.91. The third kappa shape index (κ3) is 2.22. The van der Waals surface area contributed by atoms with Gasteiger partial charge < -0.3 is 24.1 Å². The summed E-state index contributed by atoms with van der Waals surface area (Å²) in [5.41, 5.74) is -0.397. The second-order valence-corrected chi connectivity index (χ2v) is 9.00. The first-order valence-corrected chi connectivity index (χ1v) is 10.6. The third-order valence-electron chi connectivity index (χ3n) is 5.12. The number of hydrogen-bond donors (Lipinski definition) is 1. The van der Waals surface area contributed by atoms with E-state index in [0.29, 0.717) is 10.4 Å². The Balaban J connectivity index is 1.60. The standard InChI is InChI=1S/C17H18N2O6S2/c1-7(20)22-10-11-16(10)14(24-15(2,3)25-16)17(21,23-11)12-9-8(5-27-12)13(26-4)19-6-18-9/h5-6,10-11,14,21H,1-4H3/t10?,11-,14-,16-,17?/m1/s1. The van der Waals surface area contributed by atoms with Crippen LogP contribution in [0.15, 0.2) is 16.7 Å². The smallest absolute Gasteiger partial charge is 0.303 e. The average molecular weight is 410 g/mol. The Bertz CT molecular complexity index is 964. The van der Waals surface area contributed by atoms with Crippen molar-refractivity contribution in [2.24, 2.45) is 0 Å². The molecule has 3 fully saturated rings. The van der Waals surface area contributed by atoms with Crippen LogP contribution in [0.3, 0.4) is 0 Å². The molecular formula is C17H18N2O6S2.